The summed E-state index contributed by atoms with van der Waals surface area (Å²) in [5, 5.41) is 0.490. The molecule has 1 atom stereocenters. The van der Waals surface area contributed by atoms with E-state index in [9.17, 15) is 21.6 Å². The Hall–Kier alpha value is -3.30. The summed E-state index contributed by atoms with van der Waals surface area (Å²) in [6.07, 6.45) is -3.95. The van der Waals surface area contributed by atoms with Crippen LogP contribution in [0.25, 0.3) is 10.9 Å². The Morgan fingerprint density at radius 2 is 1.64 bits per heavy atom. The first-order chi connectivity index (χ1) is 17.0. The minimum Gasteiger partial charge on any atom is -0.488 e. The molecule has 0 aliphatic carbocycles. The molecule has 0 saturated carbocycles. The highest BCUT2D eigenvalue weighted by atomic mass is 32.2. The number of H-pyrrole nitrogens is 1. The van der Waals surface area contributed by atoms with Gasteiger partial charge < -0.3 is 9.72 Å². The minimum absolute atomic E-state index is 0.131. The van der Waals surface area contributed by atoms with Gasteiger partial charge >= 0.3 is 6.18 Å². The zero-order valence-corrected chi connectivity index (χ0v) is 20.9. The van der Waals surface area contributed by atoms with Crippen LogP contribution in [0.2, 0.25) is 0 Å². The predicted molar refractivity (Wildman–Crippen MR) is 134 cm³/mol. The van der Waals surface area contributed by atoms with Crippen molar-refractivity contribution in [3.8, 4) is 5.75 Å². The molecule has 0 aliphatic heterocycles. The smallest absolute Gasteiger partial charge is 0.405 e. The van der Waals surface area contributed by atoms with E-state index in [2.05, 4.69) is 4.98 Å². The quantitative estimate of drug-likeness (QED) is 0.296. The van der Waals surface area contributed by atoms with Crippen molar-refractivity contribution in [2.24, 2.45) is 0 Å². The van der Waals surface area contributed by atoms with Crippen molar-refractivity contribution in [1.82, 2.24) is 9.71 Å². The maximum absolute atomic E-state index is 14.1. The molecule has 0 spiro atoms. The van der Waals surface area contributed by atoms with Crippen LogP contribution in [0.3, 0.4) is 0 Å². The van der Waals surface area contributed by atoms with Gasteiger partial charge in [0.25, 0.3) is 0 Å². The van der Waals surface area contributed by atoms with Crippen molar-refractivity contribution in [1.29, 1.82) is 0 Å². The summed E-state index contributed by atoms with van der Waals surface area (Å²) >= 11 is 0. The molecule has 0 aliphatic rings. The van der Waals surface area contributed by atoms with E-state index in [0.717, 1.165) is 11.1 Å². The number of halogens is 3. The lowest BCUT2D eigenvalue weighted by atomic mass is 10.0. The number of ether oxygens (including phenoxy) is 1. The normalized spacial score (nSPS) is 13.2. The SMILES string of the molecule is Cc1cc(C)c(S(=O)(=O)NC(Cc2c[nH]c3cccc(OCc4ccccc4)c23)C(F)(F)F)c(C)c1. The molecular weight excluding hydrogens is 489 g/mol. The molecule has 9 heteroatoms. The van der Waals surface area contributed by atoms with Crippen molar-refractivity contribution in [3.05, 3.63) is 94.7 Å². The Morgan fingerprint density at radius 1 is 0.972 bits per heavy atom. The number of aryl methyl sites for hydroxylation is 3. The van der Waals surface area contributed by atoms with Crippen molar-refractivity contribution >= 4 is 20.9 Å². The standard InChI is InChI=1S/C27H27F3N2O3S/c1-17-12-18(2)26(19(3)13-17)36(33,34)32-24(27(28,29)30)14-21-15-31-22-10-7-11-23(25(21)22)35-16-20-8-5-4-6-9-20/h4-13,15,24,31-32H,14,16H2,1-3H3. The topological polar surface area (TPSA) is 71.2 Å². The highest BCUT2D eigenvalue weighted by Crippen LogP contribution is 2.33. The van der Waals surface area contributed by atoms with Gasteiger partial charge in [0.2, 0.25) is 10.0 Å². The second kappa shape index (κ2) is 9.99. The maximum Gasteiger partial charge on any atom is 0.405 e. The van der Waals surface area contributed by atoms with E-state index >= 15 is 0 Å². The van der Waals surface area contributed by atoms with E-state index in [0.29, 0.717) is 33.3 Å². The number of hydrogen-bond acceptors (Lipinski definition) is 3. The highest BCUT2D eigenvalue weighted by Gasteiger charge is 2.43. The zero-order valence-electron chi connectivity index (χ0n) is 20.1. The van der Waals surface area contributed by atoms with Gasteiger partial charge in [-0.3, -0.25) is 0 Å². The molecule has 190 valence electrons. The molecule has 1 aromatic heterocycles. The minimum atomic E-state index is -4.82. The Balaban J connectivity index is 1.66. The average Bonchev–Trinajstić information content (AvgIpc) is 3.20. The van der Waals surface area contributed by atoms with Gasteiger partial charge in [0, 0.05) is 17.1 Å². The Bertz CT molecular complexity index is 1460. The van der Waals surface area contributed by atoms with Crippen LogP contribution in [0.5, 0.6) is 5.75 Å². The molecule has 5 nitrogen and oxygen atoms in total. The molecule has 3 aromatic carbocycles. The second-order valence-corrected chi connectivity index (χ2v) is 10.6. The Kier molecular flexibility index (Phi) is 7.15. The lowest BCUT2D eigenvalue weighted by Crippen LogP contribution is -2.47. The van der Waals surface area contributed by atoms with E-state index in [1.165, 1.54) is 6.20 Å². The third-order valence-electron chi connectivity index (χ3n) is 5.98. The second-order valence-electron chi connectivity index (χ2n) is 8.91. The molecule has 1 heterocycles. The fourth-order valence-corrected chi connectivity index (χ4v) is 6.19. The Labute approximate surface area is 208 Å². The lowest BCUT2D eigenvalue weighted by Gasteiger charge is -2.23. The van der Waals surface area contributed by atoms with Gasteiger partial charge in [0.15, 0.2) is 0 Å². The van der Waals surface area contributed by atoms with Crippen LogP contribution >= 0.6 is 0 Å². The highest BCUT2D eigenvalue weighted by molar-refractivity contribution is 7.89. The van der Waals surface area contributed by atoms with Crippen LogP contribution < -0.4 is 9.46 Å². The lowest BCUT2D eigenvalue weighted by molar-refractivity contribution is -0.150. The molecule has 2 N–H and O–H groups in total. The summed E-state index contributed by atoms with van der Waals surface area (Å²) in [6.45, 7) is 5.20. The monoisotopic (exact) mass is 516 g/mol. The first-order valence-electron chi connectivity index (χ1n) is 11.4. The van der Waals surface area contributed by atoms with Crippen LogP contribution in [0.4, 0.5) is 13.2 Å². The van der Waals surface area contributed by atoms with Crippen molar-refractivity contribution in [2.75, 3.05) is 0 Å². The van der Waals surface area contributed by atoms with E-state index in [1.807, 2.05) is 35.1 Å². The van der Waals surface area contributed by atoms with Crippen molar-refractivity contribution in [2.45, 2.75) is 50.9 Å². The number of rotatable bonds is 8. The number of hydrogen-bond donors (Lipinski definition) is 2. The van der Waals surface area contributed by atoms with E-state index < -0.39 is 28.7 Å². The summed E-state index contributed by atoms with van der Waals surface area (Å²) in [5.74, 6) is 0.418. The molecule has 36 heavy (non-hydrogen) atoms. The number of sulfonamides is 1. The number of fused-ring (bicyclic) bond motifs is 1. The molecule has 0 fully saturated rings. The molecule has 0 bridgehead atoms. The van der Waals surface area contributed by atoms with Crippen LogP contribution in [-0.4, -0.2) is 25.6 Å². The molecule has 0 amide bonds. The fourth-order valence-electron chi connectivity index (χ4n) is 4.52. The number of benzene rings is 3. The first-order valence-corrected chi connectivity index (χ1v) is 12.9. The van der Waals surface area contributed by atoms with Gasteiger partial charge in [-0.25, -0.2) is 8.42 Å². The van der Waals surface area contributed by atoms with Crippen LogP contribution in [-0.2, 0) is 23.1 Å². The molecule has 0 saturated heterocycles. The molecule has 0 radical (unpaired) electrons. The van der Waals surface area contributed by atoms with E-state index in [-0.39, 0.29) is 11.5 Å². The summed E-state index contributed by atoms with van der Waals surface area (Å²) < 4.78 is 76.5. The zero-order chi connectivity index (χ0) is 26.1. The maximum atomic E-state index is 14.1. The summed E-state index contributed by atoms with van der Waals surface area (Å²) in [4.78, 5) is 2.85. The number of alkyl halides is 3. The van der Waals surface area contributed by atoms with Crippen LogP contribution in [0.15, 0.2) is 71.8 Å². The fraction of sp³-hybridized carbons (Fsp3) is 0.259. The molecule has 1 unspecified atom stereocenters. The molecular formula is C27H27F3N2O3S. The van der Waals surface area contributed by atoms with E-state index in [1.54, 1.807) is 51.1 Å². The number of aromatic amines is 1. The van der Waals surface area contributed by atoms with Gasteiger partial charge in [0.1, 0.15) is 18.4 Å². The first kappa shape index (κ1) is 25.8. The number of nitrogens with one attached hydrogen (secondary N) is 2. The third kappa shape index (κ3) is 5.57. The van der Waals surface area contributed by atoms with Crippen molar-refractivity contribution < 1.29 is 26.3 Å². The van der Waals surface area contributed by atoms with Gasteiger partial charge in [-0.05, 0) is 61.6 Å². The number of aromatic nitrogens is 1. The molecule has 4 rings (SSSR count). The Morgan fingerprint density at radius 3 is 2.28 bits per heavy atom. The van der Waals surface area contributed by atoms with Crippen LogP contribution in [0.1, 0.15) is 27.8 Å². The van der Waals surface area contributed by atoms with Gasteiger partial charge in [-0.2, -0.15) is 17.9 Å². The van der Waals surface area contributed by atoms with Gasteiger partial charge in [-0.15, -0.1) is 0 Å². The van der Waals surface area contributed by atoms with Crippen LogP contribution in [0, 0.1) is 20.8 Å². The average molecular weight is 517 g/mol. The van der Waals surface area contributed by atoms with Gasteiger partial charge in [-0.1, -0.05) is 54.1 Å². The third-order valence-corrected chi connectivity index (χ3v) is 7.75. The van der Waals surface area contributed by atoms with E-state index in [4.69, 9.17) is 4.74 Å². The predicted octanol–water partition coefficient (Wildman–Crippen LogP) is 6.12. The summed E-state index contributed by atoms with van der Waals surface area (Å²) in [6, 6.07) is 15.5. The summed E-state index contributed by atoms with van der Waals surface area (Å²) in [5.41, 5.74) is 3.43. The molecule has 4 aromatic rings. The van der Waals surface area contributed by atoms with Crippen molar-refractivity contribution in [3.63, 3.8) is 0 Å². The largest absolute Gasteiger partial charge is 0.488 e. The van der Waals surface area contributed by atoms with Gasteiger partial charge in [0.05, 0.1) is 4.90 Å². The summed E-state index contributed by atoms with van der Waals surface area (Å²) in [7, 11) is -4.45.